The molecule has 0 N–H and O–H groups in total. The molecule has 1 fully saturated rings. The van der Waals surface area contributed by atoms with Gasteiger partial charge in [-0.3, -0.25) is 19.3 Å². The molecule has 6 heteroatoms. The van der Waals surface area contributed by atoms with Crippen molar-refractivity contribution in [3.05, 3.63) is 24.3 Å². The van der Waals surface area contributed by atoms with Crippen LogP contribution >= 0.6 is 0 Å². The number of hydrogen-bond acceptors (Lipinski definition) is 5. The van der Waals surface area contributed by atoms with E-state index in [0.29, 0.717) is 24.3 Å². The highest BCUT2D eigenvalue weighted by molar-refractivity contribution is 6.00. The molecule has 1 heterocycles. The van der Waals surface area contributed by atoms with Crippen molar-refractivity contribution in [2.24, 2.45) is 0 Å². The lowest BCUT2D eigenvalue weighted by Gasteiger charge is -2.24. The van der Waals surface area contributed by atoms with Crippen LogP contribution in [0, 0.1) is 0 Å². The van der Waals surface area contributed by atoms with E-state index in [4.69, 9.17) is 9.47 Å². The third-order valence-corrected chi connectivity index (χ3v) is 4.09. The Morgan fingerprint density at radius 1 is 1.22 bits per heavy atom. The van der Waals surface area contributed by atoms with Crippen LogP contribution in [0.4, 0.5) is 5.69 Å². The van der Waals surface area contributed by atoms with Crippen molar-refractivity contribution in [2.45, 2.75) is 38.2 Å². The number of nitrogens with zero attached hydrogens (tertiary/aromatic N) is 1. The third-order valence-electron chi connectivity index (χ3n) is 4.09. The monoisotopic (exact) mass is 317 g/mol. The van der Waals surface area contributed by atoms with Crippen molar-refractivity contribution in [1.82, 2.24) is 0 Å². The van der Waals surface area contributed by atoms with Gasteiger partial charge < -0.3 is 9.47 Å². The Hall–Kier alpha value is -2.37. The van der Waals surface area contributed by atoms with Crippen LogP contribution in [-0.4, -0.2) is 36.9 Å². The van der Waals surface area contributed by atoms with Crippen molar-refractivity contribution >= 4 is 23.3 Å². The number of anilines is 1. The lowest BCUT2D eigenvalue weighted by Crippen LogP contribution is -2.39. The van der Waals surface area contributed by atoms with E-state index < -0.39 is 12.1 Å². The van der Waals surface area contributed by atoms with Crippen molar-refractivity contribution in [1.29, 1.82) is 0 Å². The molecular weight excluding hydrogens is 298 g/mol. The van der Waals surface area contributed by atoms with Crippen molar-refractivity contribution in [3.8, 4) is 5.75 Å². The van der Waals surface area contributed by atoms with E-state index in [1.807, 2.05) is 6.07 Å². The second kappa shape index (κ2) is 6.81. The van der Waals surface area contributed by atoms with E-state index in [1.54, 1.807) is 18.2 Å². The minimum atomic E-state index is -0.662. The molecule has 0 radical (unpaired) electrons. The summed E-state index contributed by atoms with van der Waals surface area (Å²) in [5.41, 5.74) is 0.557. The quantitative estimate of drug-likeness (QED) is 0.796. The number of esters is 1. The largest absolute Gasteiger partial charge is 0.491 e. The van der Waals surface area contributed by atoms with Crippen LogP contribution < -0.4 is 9.64 Å². The van der Waals surface area contributed by atoms with E-state index in [-0.39, 0.29) is 31.3 Å². The fraction of sp³-hybridized carbons (Fsp3) is 0.471. The molecule has 0 bridgehead atoms. The van der Waals surface area contributed by atoms with Crippen LogP contribution in [-0.2, 0) is 19.1 Å². The molecule has 2 aliphatic rings. The van der Waals surface area contributed by atoms with Gasteiger partial charge in [-0.1, -0.05) is 12.1 Å². The maximum Gasteiger partial charge on any atom is 0.326 e. The van der Waals surface area contributed by atoms with Gasteiger partial charge in [-0.25, -0.2) is 0 Å². The second-order valence-electron chi connectivity index (χ2n) is 5.74. The molecule has 1 aromatic rings. The minimum Gasteiger partial charge on any atom is -0.491 e. The van der Waals surface area contributed by atoms with Crippen LogP contribution in [0.1, 0.15) is 32.1 Å². The predicted octanol–water partition coefficient (Wildman–Crippen LogP) is 1.86. The van der Waals surface area contributed by atoms with Gasteiger partial charge in [0.25, 0.3) is 0 Å². The molecule has 1 amide bonds. The molecule has 23 heavy (non-hydrogen) atoms. The lowest BCUT2D eigenvalue weighted by molar-refractivity contribution is -0.155. The summed E-state index contributed by atoms with van der Waals surface area (Å²) < 4.78 is 10.8. The van der Waals surface area contributed by atoms with E-state index in [9.17, 15) is 14.4 Å². The summed E-state index contributed by atoms with van der Waals surface area (Å²) >= 11 is 0. The molecule has 122 valence electrons. The van der Waals surface area contributed by atoms with Crippen LogP contribution in [0.25, 0.3) is 0 Å². The Morgan fingerprint density at radius 3 is 2.87 bits per heavy atom. The maximum absolute atomic E-state index is 12.2. The molecule has 0 spiro atoms. The number of para-hydroxylation sites is 2. The van der Waals surface area contributed by atoms with Gasteiger partial charge in [-0.2, -0.15) is 0 Å². The number of amides is 1. The molecule has 0 unspecified atom stereocenters. The van der Waals surface area contributed by atoms with E-state index in [1.165, 1.54) is 4.90 Å². The number of benzene rings is 1. The first-order valence-corrected chi connectivity index (χ1v) is 7.89. The highest BCUT2D eigenvalue weighted by Gasteiger charge is 2.29. The fourth-order valence-electron chi connectivity index (χ4n) is 2.89. The Bertz CT molecular complexity index is 627. The van der Waals surface area contributed by atoms with Crippen molar-refractivity contribution in [3.63, 3.8) is 0 Å². The third kappa shape index (κ3) is 3.52. The molecule has 0 aromatic heterocycles. The summed E-state index contributed by atoms with van der Waals surface area (Å²) in [6.07, 6.45) is 2.29. The number of ether oxygens (including phenoxy) is 2. The number of carbonyl (C=O) groups excluding carboxylic acids is 3. The van der Waals surface area contributed by atoms with Gasteiger partial charge in [0.1, 0.15) is 12.3 Å². The summed E-state index contributed by atoms with van der Waals surface area (Å²) in [5, 5.41) is 0. The van der Waals surface area contributed by atoms with Gasteiger partial charge in [-0.05, 0) is 31.4 Å². The molecule has 1 aromatic carbocycles. The van der Waals surface area contributed by atoms with E-state index >= 15 is 0 Å². The normalized spacial score (nSPS) is 21.2. The number of Topliss-reactive ketones (excluding diaryl/α,β-unsaturated/α-hetero) is 1. The number of hydrogen-bond donors (Lipinski definition) is 0. The lowest BCUT2D eigenvalue weighted by atomic mass is 9.96. The molecule has 0 saturated heterocycles. The maximum atomic E-state index is 12.2. The highest BCUT2D eigenvalue weighted by atomic mass is 16.5. The summed E-state index contributed by atoms with van der Waals surface area (Å²) in [6, 6.07) is 7.09. The Labute approximate surface area is 134 Å². The minimum absolute atomic E-state index is 0.0319. The molecular formula is C17H19NO5. The van der Waals surface area contributed by atoms with Crippen LogP contribution in [0.2, 0.25) is 0 Å². The van der Waals surface area contributed by atoms with Crippen molar-refractivity contribution in [2.75, 3.05) is 18.1 Å². The zero-order valence-electron chi connectivity index (χ0n) is 12.8. The number of ketones is 1. The van der Waals surface area contributed by atoms with Gasteiger partial charge in [0.05, 0.1) is 18.7 Å². The van der Waals surface area contributed by atoms with E-state index in [0.717, 1.165) is 12.8 Å². The van der Waals surface area contributed by atoms with E-state index in [2.05, 4.69) is 0 Å². The topological polar surface area (TPSA) is 72.9 Å². The van der Waals surface area contributed by atoms with Gasteiger partial charge in [0.2, 0.25) is 5.91 Å². The summed E-state index contributed by atoms with van der Waals surface area (Å²) in [4.78, 5) is 37.6. The van der Waals surface area contributed by atoms with Crippen LogP contribution in [0.15, 0.2) is 24.3 Å². The standard InChI is InChI=1S/C17H19NO5/c19-13-6-2-4-8-15(13)23-17(21)11-18-12-5-1-3-7-14(12)22-10-9-16(18)20/h1,3,5,7,15H,2,4,6,8-11H2/t15-/m0/s1. The van der Waals surface area contributed by atoms with Crippen LogP contribution in [0.3, 0.4) is 0 Å². The zero-order chi connectivity index (χ0) is 16.2. The molecule has 1 saturated carbocycles. The Morgan fingerprint density at radius 2 is 2.04 bits per heavy atom. The van der Waals surface area contributed by atoms with Gasteiger partial charge >= 0.3 is 5.97 Å². The summed E-state index contributed by atoms with van der Waals surface area (Å²) in [6.45, 7) is 0.0749. The summed E-state index contributed by atoms with van der Waals surface area (Å²) in [5.74, 6) is -0.215. The first kappa shape index (κ1) is 15.5. The highest BCUT2D eigenvalue weighted by Crippen LogP contribution is 2.31. The molecule has 3 rings (SSSR count). The average Bonchev–Trinajstić information content (AvgIpc) is 2.70. The van der Waals surface area contributed by atoms with Crippen molar-refractivity contribution < 1.29 is 23.9 Å². The predicted molar refractivity (Wildman–Crippen MR) is 82.3 cm³/mol. The fourth-order valence-corrected chi connectivity index (χ4v) is 2.89. The Balaban J connectivity index is 1.71. The smallest absolute Gasteiger partial charge is 0.326 e. The molecule has 1 aliphatic heterocycles. The van der Waals surface area contributed by atoms with Gasteiger partial charge in [-0.15, -0.1) is 0 Å². The number of fused-ring (bicyclic) bond motifs is 1. The summed E-state index contributed by atoms with van der Waals surface area (Å²) in [7, 11) is 0. The first-order valence-electron chi connectivity index (χ1n) is 7.89. The SMILES string of the molecule is O=C(CN1C(=O)CCOc2ccccc21)O[C@H]1CCCCC1=O. The Kier molecular flexibility index (Phi) is 4.60. The number of rotatable bonds is 3. The molecule has 1 aliphatic carbocycles. The molecule has 1 atom stereocenters. The van der Waals surface area contributed by atoms with Gasteiger partial charge in [0.15, 0.2) is 11.9 Å². The average molecular weight is 317 g/mol. The van der Waals surface area contributed by atoms with Gasteiger partial charge in [0, 0.05) is 6.42 Å². The second-order valence-corrected chi connectivity index (χ2v) is 5.74. The zero-order valence-corrected chi connectivity index (χ0v) is 12.8. The number of carbonyl (C=O) groups is 3. The first-order chi connectivity index (χ1) is 11.1. The van der Waals surface area contributed by atoms with Crippen LogP contribution in [0.5, 0.6) is 5.75 Å². The molecule has 6 nitrogen and oxygen atoms in total.